The first kappa shape index (κ1) is 15.4. The fraction of sp³-hybridized carbons (Fsp3) is 0.529. The smallest absolute Gasteiger partial charge is 0.288 e. The Hall–Kier alpha value is -2.15. The highest BCUT2D eigenvalue weighted by Crippen LogP contribution is 2.28. The van der Waals surface area contributed by atoms with Gasteiger partial charge >= 0.3 is 0 Å². The van der Waals surface area contributed by atoms with Crippen molar-refractivity contribution in [1.82, 2.24) is 9.63 Å². The number of piperazine rings is 1. The molecule has 0 spiro atoms. The fourth-order valence-electron chi connectivity index (χ4n) is 3.76. The lowest BCUT2D eigenvalue weighted by Gasteiger charge is -2.34. The highest BCUT2D eigenvalue weighted by Gasteiger charge is 2.27. The van der Waals surface area contributed by atoms with Gasteiger partial charge in [-0.3, -0.25) is 0 Å². The first-order valence-electron chi connectivity index (χ1n) is 8.50. The molecule has 2 aromatic rings. The van der Waals surface area contributed by atoms with Gasteiger partial charge in [0, 0.05) is 49.6 Å². The van der Waals surface area contributed by atoms with Crippen molar-refractivity contribution >= 4 is 16.7 Å². The molecule has 7 heteroatoms. The van der Waals surface area contributed by atoms with Crippen LogP contribution in [0.2, 0.25) is 0 Å². The van der Waals surface area contributed by atoms with Crippen molar-refractivity contribution in [1.29, 1.82) is 0 Å². The van der Waals surface area contributed by atoms with Crippen molar-refractivity contribution in [2.45, 2.75) is 25.7 Å². The van der Waals surface area contributed by atoms with Crippen LogP contribution >= 0.6 is 0 Å². The SMILES string of the molecule is CN1CCN(c2cc3c(cc2F)n([O-])c2c([n+]3=O)CCCC2)CC1. The third kappa shape index (κ3) is 2.34. The van der Waals surface area contributed by atoms with E-state index in [-0.39, 0.29) is 11.0 Å². The Morgan fingerprint density at radius 2 is 1.83 bits per heavy atom. The topological polar surface area (TPSA) is 57.4 Å². The molecule has 1 fully saturated rings. The number of hydrogen-bond donors (Lipinski definition) is 0. The number of aromatic nitrogens is 2. The highest BCUT2D eigenvalue weighted by molar-refractivity contribution is 5.78. The molecule has 0 N–H and O–H groups in total. The van der Waals surface area contributed by atoms with E-state index in [2.05, 4.69) is 4.90 Å². The Kier molecular flexibility index (Phi) is 3.68. The summed E-state index contributed by atoms with van der Waals surface area (Å²) in [6.07, 6.45) is 2.99. The maximum absolute atomic E-state index is 14.6. The van der Waals surface area contributed by atoms with Crippen LogP contribution in [0.25, 0.3) is 11.0 Å². The zero-order valence-corrected chi connectivity index (χ0v) is 13.8. The monoisotopic (exact) mass is 332 g/mol. The van der Waals surface area contributed by atoms with Gasteiger partial charge in [-0.2, -0.15) is 0 Å². The van der Waals surface area contributed by atoms with Crippen LogP contribution in [-0.2, 0) is 12.8 Å². The van der Waals surface area contributed by atoms with Crippen LogP contribution in [0.1, 0.15) is 24.2 Å². The van der Waals surface area contributed by atoms with Gasteiger partial charge in [0.05, 0.1) is 15.8 Å². The molecule has 0 radical (unpaired) electrons. The molecule has 2 aliphatic rings. The summed E-state index contributed by atoms with van der Waals surface area (Å²) in [5.41, 5.74) is 1.84. The summed E-state index contributed by atoms with van der Waals surface area (Å²) in [6.45, 7) is 3.11. The van der Waals surface area contributed by atoms with Crippen molar-refractivity contribution in [2.24, 2.45) is 0 Å². The molecule has 2 heterocycles. The number of fused-ring (bicyclic) bond motifs is 2. The summed E-state index contributed by atoms with van der Waals surface area (Å²) in [5, 5.41) is 12.6. The summed E-state index contributed by atoms with van der Waals surface area (Å²) in [5.74, 6) is -0.438. The molecular formula is C17H21FN4O2. The van der Waals surface area contributed by atoms with E-state index < -0.39 is 5.82 Å². The standard InChI is InChI=1S/C17H21FN4O2/c1-19-6-8-20(9-7-19)15-11-17-16(10-12(15)18)21(23)13-4-2-3-5-14(13)22(17)24/h10-11H,2-9H2,1H3. The van der Waals surface area contributed by atoms with Crippen molar-refractivity contribution in [3.8, 4) is 0 Å². The van der Waals surface area contributed by atoms with E-state index in [1.165, 1.54) is 6.07 Å². The number of anilines is 1. The molecule has 0 bridgehead atoms. The van der Waals surface area contributed by atoms with Crippen LogP contribution in [0.15, 0.2) is 12.1 Å². The molecule has 1 aromatic heterocycles. The van der Waals surface area contributed by atoms with Gasteiger partial charge in [-0.05, 0) is 26.3 Å². The molecule has 1 saturated heterocycles. The summed E-state index contributed by atoms with van der Waals surface area (Å²) >= 11 is 0. The van der Waals surface area contributed by atoms with E-state index in [9.17, 15) is 14.5 Å². The fourth-order valence-corrected chi connectivity index (χ4v) is 3.76. The minimum atomic E-state index is -0.438. The second kappa shape index (κ2) is 5.73. The van der Waals surface area contributed by atoms with Crippen molar-refractivity contribution in [3.05, 3.63) is 39.5 Å². The number of halogens is 1. The average molecular weight is 332 g/mol. The van der Waals surface area contributed by atoms with E-state index in [1.807, 2.05) is 11.9 Å². The third-order valence-electron chi connectivity index (χ3n) is 5.23. The van der Waals surface area contributed by atoms with Gasteiger partial charge in [0.25, 0.3) is 11.2 Å². The maximum Gasteiger partial charge on any atom is 0.288 e. The van der Waals surface area contributed by atoms with Gasteiger partial charge in [0.1, 0.15) is 11.3 Å². The number of nitrogens with zero attached hydrogens (tertiary/aromatic N) is 4. The summed E-state index contributed by atoms with van der Waals surface area (Å²) in [7, 11) is 2.03. The van der Waals surface area contributed by atoms with Crippen molar-refractivity contribution in [2.75, 3.05) is 38.1 Å². The van der Waals surface area contributed by atoms with Crippen molar-refractivity contribution < 1.29 is 8.82 Å². The van der Waals surface area contributed by atoms with Crippen molar-refractivity contribution in [3.63, 3.8) is 0 Å². The van der Waals surface area contributed by atoms with E-state index >= 15 is 0 Å². The molecule has 0 atom stereocenters. The second-order valence-electron chi connectivity index (χ2n) is 6.77. The molecular weight excluding hydrogens is 311 g/mol. The van der Waals surface area contributed by atoms with E-state index in [0.29, 0.717) is 43.0 Å². The van der Waals surface area contributed by atoms with Crippen LogP contribution in [0.3, 0.4) is 0 Å². The normalized spacial score (nSPS) is 18.8. The van der Waals surface area contributed by atoms with Crippen LogP contribution < -0.4 is 9.33 Å². The largest absolute Gasteiger partial charge is 0.805 e. The molecule has 24 heavy (non-hydrogen) atoms. The van der Waals surface area contributed by atoms with Crippen LogP contribution in [0.4, 0.5) is 10.1 Å². The first-order chi connectivity index (χ1) is 11.6. The Morgan fingerprint density at radius 3 is 2.58 bits per heavy atom. The van der Waals surface area contributed by atoms with Gasteiger partial charge in [-0.15, -0.1) is 0 Å². The molecule has 1 aliphatic heterocycles. The third-order valence-corrected chi connectivity index (χ3v) is 5.23. The minimum Gasteiger partial charge on any atom is -0.805 e. The molecule has 0 saturated carbocycles. The Bertz CT molecular complexity index is 856. The van der Waals surface area contributed by atoms with Gasteiger partial charge in [-0.25, -0.2) is 4.39 Å². The zero-order valence-electron chi connectivity index (χ0n) is 13.8. The molecule has 1 aliphatic carbocycles. The minimum absolute atomic E-state index is 0.126. The molecule has 1 aromatic carbocycles. The lowest BCUT2D eigenvalue weighted by Crippen LogP contribution is -2.45. The predicted octanol–water partition coefficient (Wildman–Crippen LogP) is 1.67. The Balaban J connectivity index is 1.88. The first-order valence-corrected chi connectivity index (χ1v) is 8.50. The lowest BCUT2D eigenvalue weighted by molar-refractivity contribution is -0.476. The van der Waals surface area contributed by atoms with E-state index in [1.54, 1.807) is 6.07 Å². The molecule has 128 valence electrons. The van der Waals surface area contributed by atoms with Crippen LogP contribution in [0, 0.1) is 15.9 Å². The number of benzene rings is 1. The zero-order chi connectivity index (χ0) is 16.8. The van der Waals surface area contributed by atoms with E-state index in [0.717, 1.165) is 35.1 Å². The molecule has 4 rings (SSSR count). The summed E-state index contributed by atoms with van der Waals surface area (Å²) < 4.78 is 16.2. The van der Waals surface area contributed by atoms with Gasteiger partial charge in [0.2, 0.25) is 0 Å². The average Bonchev–Trinajstić information content (AvgIpc) is 2.60. The lowest BCUT2D eigenvalue weighted by atomic mass is 10.00. The Labute approximate surface area is 139 Å². The van der Waals surface area contributed by atoms with Gasteiger partial charge < -0.3 is 19.7 Å². The predicted molar refractivity (Wildman–Crippen MR) is 90.4 cm³/mol. The second-order valence-corrected chi connectivity index (χ2v) is 6.77. The Morgan fingerprint density at radius 1 is 1.12 bits per heavy atom. The maximum atomic E-state index is 14.6. The number of rotatable bonds is 1. The molecule has 0 unspecified atom stereocenters. The molecule has 6 nitrogen and oxygen atoms in total. The summed E-state index contributed by atoms with van der Waals surface area (Å²) in [4.78, 5) is 16.9. The van der Waals surface area contributed by atoms with Crippen LogP contribution in [0.5, 0.6) is 0 Å². The van der Waals surface area contributed by atoms with E-state index in [4.69, 9.17) is 0 Å². The molecule has 0 amide bonds. The van der Waals surface area contributed by atoms with Gasteiger partial charge in [-0.1, -0.05) is 0 Å². The number of likely N-dealkylation sites (N-methyl/N-ethyl adjacent to an activating group) is 1. The summed E-state index contributed by atoms with van der Waals surface area (Å²) in [6, 6.07) is 2.77. The van der Waals surface area contributed by atoms with Gasteiger partial charge in [0.15, 0.2) is 0 Å². The highest BCUT2D eigenvalue weighted by atomic mass is 19.1. The quantitative estimate of drug-likeness (QED) is 0.746. The number of hydrogen-bond acceptors (Lipinski definition) is 4. The van der Waals surface area contributed by atoms with Crippen LogP contribution in [-0.4, -0.2) is 42.9 Å².